The van der Waals surface area contributed by atoms with Crippen LogP contribution in [0.3, 0.4) is 0 Å². The van der Waals surface area contributed by atoms with Crippen molar-refractivity contribution in [3.05, 3.63) is 47.5 Å². The molecule has 0 aliphatic rings. The van der Waals surface area contributed by atoms with E-state index in [0.29, 0.717) is 5.56 Å². The van der Waals surface area contributed by atoms with E-state index < -0.39 is 21.8 Å². The van der Waals surface area contributed by atoms with Gasteiger partial charge in [-0.15, -0.1) is 0 Å². The Kier molecular flexibility index (Phi) is 3.49. The number of nitrogens with one attached hydrogen (secondary N) is 2. The number of hydrogen-bond donors (Lipinski definition) is 3. The number of benzene rings is 1. The molecule has 3 N–H and O–H groups in total. The van der Waals surface area contributed by atoms with Crippen molar-refractivity contribution >= 4 is 21.7 Å². The lowest BCUT2D eigenvalue weighted by Crippen LogP contribution is -2.13. The van der Waals surface area contributed by atoms with E-state index >= 15 is 0 Å². The molecule has 0 saturated carbocycles. The van der Waals surface area contributed by atoms with Gasteiger partial charge in [0.25, 0.3) is 10.0 Å². The van der Waals surface area contributed by atoms with Crippen molar-refractivity contribution < 1.29 is 22.7 Å². The zero-order valence-electron chi connectivity index (χ0n) is 10.3. The molecule has 20 heavy (non-hydrogen) atoms. The van der Waals surface area contributed by atoms with Gasteiger partial charge in [0.05, 0.1) is 5.69 Å². The first-order chi connectivity index (χ1) is 9.29. The van der Waals surface area contributed by atoms with Crippen LogP contribution in [-0.4, -0.2) is 24.5 Å². The second-order valence-corrected chi connectivity index (χ2v) is 5.83. The fourth-order valence-electron chi connectivity index (χ4n) is 1.56. The number of H-pyrrole nitrogens is 1. The van der Waals surface area contributed by atoms with Crippen molar-refractivity contribution in [3.63, 3.8) is 0 Å². The Morgan fingerprint density at radius 2 is 2.05 bits per heavy atom. The van der Waals surface area contributed by atoms with Crippen LogP contribution in [0.4, 0.5) is 10.1 Å². The smallest absolute Gasteiger partial charge is 0.352 e. The number of carboxylic acid groups (broad SMARTS) is 1. The van der Waals surface area contributed by atoms with Crippen LogP contribution in [0.15, 0.2) is 35.4 Å². The number of carbonyl (C=O) groups is 1. The van der Waals surface area contributed by atoms with Crippen LogP contribution >= 0.6 is 0 Å². The summed E-state index contributed by atoms with van der Waals surface area (Å²) in [4.78, 5) is 12.7. The number of aryl methyl sites for hydroxylation is 1. The molecule has 6 nitrogen and oxygen atoms in total. The summed E-state index contributed by atoms with van der Waals surface area (Å²) in [6.45, 7) is 1.67. The average Bonchev–Trinajstić information content (AvgIpc) is 2.83. The molecule has 0 radical (unpaired) electrons. The lowest BCUT2D eigenvalue weighted by molar-refractivity contribution is 0.0691. The van der Waals surface area contributed by atoms with Crippen LogP contribution in [0.25, 0.3) is 0 Å². The van der Waals surface area contributed by atoms with Crippen LogP contribution in [0.2, 0.25) is 0 Å². The standard InChI is InChI=1S/C12H11FN2O4S/c1-7-2-3-10(9(13)4-7)15-20(18,19)8-5-11(12(16)17)14-6-8/h2-6,14-15H,1H3,(H,16,17). The Bertz CT molecular complexity index is 768. The van der Waals surface area contributed by atoms with Crippen molar-refractivity contribution in [2.24, 2.45) is 0 Å². The number of halogens is 1. The van der Waals surface area contributed by atoms with Gasteiger partial charge < -0.3 is 10.1 Å². The number of aromatic nitrogens is 1. The van der Waals surface area contributed by atoms with Crippen LogP contribution in [-0.2, 0) is 10.0 Å². The van der Waals surface area contributed by atoms with E-state index in [1.807, 2.05) is 0 Å². The molecule has 106 valence electrons. The molecular weight excluding hydrogens is 287 g/mol. The maximum Gasteiger partial charge on any atom is 0.352 e. The molecule has 0 fully saturated rings. The van der Waals surface area contributed by atoms with E-state index in [1.54, 1.807) is 13.0 Å². The van der Waals surface area contributed by atoms with E-state index in [4.69, 9.17) is 5.11 Å². The van der Waals surface area contributed by atoms with Gasteiger partial charge in [-0.1, -0.05) is 6.07 Å². The Morgan fingerprint density at radius 3 is 2.60 bits per heavy atom. The fraction of sp³-hybridized carbons (Fsp3) is 0.0833. The summed E-state index contributed by atoms with van der Waals surface area (Å²) < 4.78 is 39.6. The number of sulfonamides is 1. The Balaban J connectivity index is 2.33. The van der Waals surface area contributed by atoms with Gasteiger partial charge in [-0.25, -0.2) is 17.6 Å². The van der Waals surface area contributed by atoms with Gasteiger partial charge in [0, 0.05) is 6.20 Å². The third-order valence-corrected chi connectivity index (χ3v) is 3.91. The van der Waals surface area contributed by atoms with Crippen molar-refractivity contribution in [3.8, 4) is 0 Å². The molecular formula is C12H11FN2O4S. The Morgan fingerprint density at radius 1 is 1.35 bits per heavy atom. The normalized spacial score (nSPS) is 11.3. The number of aromatic carboxylic acids is 1. The quantitative estimate of drug-likeness (QED) is 0.803. The topological polar surface area (TPSA) is 99.3 Å². The summed E-state index contributed by atoms with van der Waals surface area (Å²) in [6, 6.07) is 5.00. The predicted octanol–water partition coefficient (Wildman–Crippen LogP) is 1.96. The molecule has 0 aliphatic heterocycles. The molecule has 0 saturated heterocycles. The highest BCUT2D eigenvalue weighted by Gasteiger charge is 2.19. The lowest BCUT2D eigenvalue weighted by atomic mass is 10.2. The SMILES string of the molecule is Cc1ccc(NS(=O)(=O)c2c[nH]c(C(=O)O)c2)c(F)c1. The number of anilines is 1. The Labute approximate surface area is 114 Å². The molecule has 0 unspecified atom stereocenters. The van der Waals surface area contributed by atoms with Gasteiger partial charge in [-0.2, -0.15) is 0 Å². The molecule has 1 aromatic heterocycles. The minimum absolute atomic E-state index is 0.200. The summed E-state index contributed by atoms with van der Waals surface area (Å²) >= 11 is 0. The predicted molar refractivity (Wildman–Crippen MR) is 69.7 cm³/mol. The van der Waals surface area contributed by atoms with Gasteiger partial charge in [-0.3, -0.25) is 4.72 Å². The second-order valence-electron chi connectivity index (χ2n) is 4.14. The van der Waals surface area contributed by atoms with E-state index in [2.05, 4.69) is 9.71 Å². The number of carboxylic acids is 1. The average molecular weight is 298 g/mol. The van der Waals surface area contributed by atoms with Crippen LogP contribution < -0.4 is 4.72 Å². The largest absolute Gasteiger partial charge is 0.477 e. The first-order valence-electron chi connectivity index (χ1n) is 5.50. The highest BCUT2D eigenvalue weighted by molar-refractivity contribution is 7.92. The van der Waals surface area contributed by atoms with Gasteiger partial charge in [0.1, 0.15) is 16.4 Å². The summed E-state index contributed by atoms with van der Waals surface area (Å²) in [7, 11) is -4.05. The van der Waals surface area contributed by atoms with Gasteiger partial charge in [0.15, 0.2) is 0 Å². The minimum Gasteiger partial charge on any atom is -0.477 e. The monoisotopic (exact) mass is 298 g/mol. The lowest BCUT2D eigenvalue weighted by Gasteiger charge is -2.07. The summed E-state index contributed by atoms with van der Waals surface area (Å²) in [6.07, 6.45) is 1.03. The zero-order chi connectivity index (χ0) is 14.9. The molecule has 0 amide bonds. The maximum absolute atomic E-state index is 13.6. The summed E-state index contributed by atoms with van der Waals surface area (Å²) in [5.74, 6) is -1.99. The molecule has 0 aliphatic carbocycles. The van der Waals surface area contributed by atoms with Gasteiger partial charge >= 0.3 is 5.97 Å². The van der Waals surface area contributed by atoms with E-state index in [9.17, 15) is 17.6 Å². The third kappa shape index (κ3) is 2.80. The van der Waals surface area contributed by atoms with Crippen molar-refractivity contribution in [2.75, 3.05) is 4.72 Å². The first kappa shape index (κ1) is 14.1. The molecule has 2 aromatic rings. The molecule has 1 aromatic carbocycles. The minimum atomic E-state index is -4.05. The Hall–Kier alpha value is -2.35. The first-order valence-corrected chi connectivity index (χ1v) is 6.98. The molecule has 1 heterocycles. The highest BCUT2D eigenvalue weighted by atomic mass is 32.2. The van der Waals surface area contributed by atoms with E-state index in [-0.39, 0.29) is 16.3 Å². The van der Waals surface area contributed by atoms with Crippen molar-refractivity contribution in [1.82, 2.24) is 4.98 Å². The highest BCUT2D eigenvalue weighted by Crippen LogP contribution is 2.20. The van der Waals surface area contributed by atoms with Crippen molar-refractivity contribution in [2.45, 2.75) is 11.8 Å². The number of rotatable bonds is 4. The van der Waals surface area contributed by atoms with E-state index in [1.165, 1.54) is 12.1 Å². The molecule has 0 spiro atoms. The second kappa shape index (κ2) is 4.97. The molecule has 2 rings (SSSR count). The number of aromatic amines is 1. The molecule has 8 heteroatoms. The van der Waals surface area contributed by atoms with Crippen LogP contribution in [0.1, 0.15) is 16.1 Å². The van der Waals surface area contributed by atoms with E-state index in [0.717, 1.165) is 12.3 Å². The summed E-state index contributed by atoms with van der Waals surface area (Å²) in [5.41, 5.74) is 0.184. The molecule has 0 bridgehead atoms. The third-order valence-electron chi connectivity index (χ3n) is 2.57. The van der Waals surface area contributed by atoms with Gasteiger partial charge in [0.2, 0.25) is 0 Å². The maximum atomic E-state index is 13.6. The van der Waals surface area contributed by atoms with Gasteiger partial charge in [-0.05, 0) is 30.7 Å². The number of hydrogen-bond acceptors (Lipinski definition) is 3. The zero-order valence-corrected chi connectivity index (χ0v) is 11.2. The van der Waals surface area contributed by atoms with Crippen molar-refractivity contribution in [1.29, 1.82) is 0 Å². The molecule has 0 atom stereocenters. The van der Waals surface area contributed by atoms with Crippen LogP contribution in [0.5, 0.6) is 0 Å². The summed E-state index contributed by atoms with van der Waals surface area (Å²) in [5, 5.41) is 8.72. The fourth-order valence-corrected chi connectivity index (χ4v) is 2.62. The van der Waals surface area contributed by atoms with Crippen LogP contribution in [0, 0.1) is 12.7 Å².